The van der Waals surface area contributed by atoms with Crippen molar-refractivity contribution in [2.24, 2.45) is 0 Å². The third-order valence-corrected chi connectivity index (χ3v) is 3.65. The lowest BCUT2D eigenvalue weighted by atomic mass is 10.1. The Bertz CT molecular complexity index is 420. The van der Waals surface area contributed by atoms with Crippen LogP contribution in [-0.4, -0.2) is 35.0 Å². The third-order valence-electron chi connectivity index (χ3n) is 3.65. The highest BCUT2D eigenvalue weighted by Crippen LogP contribution is 2.32. The van der Waals surface area contributed by atoms with Crippen LogP contribution in [0, 0.1) is 0 Å². The van der Waals surface area contributed by atoms with Gasteiger partial charge in [-0.25, -0.2) is 0 Å². The molecule has 1 amide bonds. The summed E-state index contributed by atoms with van der Waals surface area (Å²) in [6.45, 7) is 5.57. The second-order valence-electron chi connectivity index (χ2n) is 5.55. The van der Waals surface area contributed by atoms with E-state index >= 15 is 0 Å². The lowest BCUT2D eigenvalue weighted by molar-refractivity contribution is -0.132. The van der Waals surface area contributed by atoms with E-state index in [2.05, 4.69) is 4.98 Å². The van der Waals surface area contributed by atoms with Gasteiger partial charge in [-0.15, -0.1) is 0 Å². The van der Waals surface area contributed by atoms with E-state index in [1.165, 1.54) is 5.56 Å². The molecule has 0 unspecified atom stereocenters. The molecule has 1 atom stereocenters. The van der Waals surface area contributed by atoms with Crippen molar-refractivity contribution < 1.29 is 9.53 Å². The van der Waals surface area contributed by atoms with E-state index in [0.717, 1.165) is 25.8 Å². The Balaban J connectivity index is 1.86. The molecule has 1 aliphatic heterocycles. The fraction of sp³-hybridized carbons (Fsp3) is 0.625. The molecule has 1 aliphatic rings. The van der Waals surface area contributed by atoms with Gasteiger partial charge in [-0.1, -0.05) is 0 Å². The van der Waals surface area contributed by atoms with Crippen LogP contribution in [0.5, 0.6) is 0 Å². The van der Waals surface area contributed by atoms with Crippen molar-refractivity contribution in [3.8, 4) is 0 Å². The van der Waals surface area contributed by atoms with Crippen LogP contribution in [0.2, 0.25) is 0 Å². The molecule has 1 aromatic rings. The second kappa shape index (κ2) is 7.39. The van der Waals surface area contributed by atoms with Crippen molar-refractivity contribution in [3.05, 3.63) is 30.1 Å². The number of carbonyl (C=O) groups excluding carboxylic acids is 1. The standard InChI is InChI=1S/C16H24N2O2/c1-13(2)20-12-4-6-16(19)18-11-3-5-15(18)14-7-9-17-10-8-14/h7-10,13,15H,3-6,11-12H2,1-2H3/t15-/m0/s1. The van der Waals surface area contributed by atoms with E-state index < -0.39 is 0 Å². The highest BCUT2D eigenvalue weighted by Gasteiger charge is 2.29. The van der Waals surface area contributed by atoms with E-state index in [4.69, 9.17) is 4.74 Å². The molecule has 4 heteroatoms. The van der Waals surface area contributed by atoms with Gasteiger partial charge in [0.15, 0.2) is 0 Å². The molecule has 20 heavy (non-hydrogen) atoms. The molecule has 0 N–H and O–H groups in total. The summed E-state index contributed by atoms with van der Waals surface area (Å²) in [5.41, 5.74) is 1.20. The average Bonchev–Trinajstić information content (AvgIpc) is 2.93. The monoisotopic (exact) mass is 276 g/mol. The van der Waals surface area contributed by atoms with Crippen LogP contribution in [-0.2, 0) is 9.53 Å². The molecular weight excluding hydrogens is 252 g/mol. The number of hydrogen-bond acceptors (Lipinski definition) is 3. The van der Waals surface area contributed by atoms with Crippen molar-refractivity contribution in [1.29, 1.82) is 0 Å². The minimum Gasteiger partial charge on any atom is -0.379 e. The summed E-state index contributed by atoms with van der Waals surface area (Å²) in [6, 6.07) is 4.26. The van der Waals surface area contributed by atoms with Crippen LogP contribution in [0.25, 0.3) is 0 Å². The third kappa shape index (κ3) is 4.04. The summed E-state index contributed by atoms with van der Waals surface area (Å²) >= 11 is 0. The van der Waals surface area contributed by atoms with Crippen molar-refractivity contribution in [2.75, 3.05) is 13.2 Å². The minimum atomic E-state index is 0.233. The average molecular weight is 276 g/mol. The molecule has 0 saturated carbocycles. The second-order valence-corrected chi connectivity index (χ2v) is 5.55. The van der Waals surface area contributed by atoms with E-state index in [-0.39, 0.29) is 18.1 Å². The molecule has 1 fully saturated rings. The largest absolute Gasteiger partial charge is 0.379 e. The van der Waals surface area contributed by atoms with Gasteiger partial charge in [0.2, 0.25) is 5.91 Å². The van der Waals surface area contributed by atoms with Gasteiger partial charge >= 0.3 is 0 Å². The Morgan fingerprint density at radius 3 is 2.90 bits per heavy atom. The maximum absolute atomic E-state index is 12.3. The molecule has 0 spiro atoms. The van der Waals surface area contributed by atoms with E-state index in [9.17, 15) is 4.79 Å². The Labute approximate surface area is 121 Å². The van der Waals surface area contributed by atoms with Crippen LogP contribution in [0.3, 0.4) is 0 Å². The zero-order valence-electron chi connectivity index (χ0n) is 12.4. The number of likely N-dealkylation sites (tertiary alicyclic amines) is 1. The zero-order chi connectivity index (χ0) is 14.4. The summed E-state index contributed by atoms with van der Waals surface area (Å²) in [6.07, 6.45) is 7.35. The van der Waals surface area contributed by atoms with E-state index in [1.54, 1.807) is 12.4 Å². The van der Waals surface area contributed by atoms with Crippen LogP contribution in [0.4, 0.5) is 0 Å². The Kier molecular flexibility index (Phi) is 5.53. The number of pyridine rings is 1. The first-order chi connectivity index (χ1) is 9.68. The highest BCUT2D eigenvalue weighted by molar-refractivity contribution is 5.77. The van der Waals surface area contributed by atoms with E-state index in [1.807, 2.05) is 30.9 Å². The van der Waals surface area contributed by atoms with Gasteiger partial charge < -0.3 is 9.64 Å². The van der Waals surface area contributed by atoms with Gasteiger partial charge in [0.05, 0.1) is 12.1 Å². The normalized spacial score (nSPS) is 18.8. The predicted octanol–water partition coefficient (Wildman–Crippen LogP) is 2.95. The molecule has 0 aromatic carbocycles. The molecule has 2 heterocycles. The Morgan fingerprint density at radius 1 is 1.45 bits per heavy atom. The van der Waals surface area contributed by atoms with Crippen LogP contribution in [0.1, 0.15) is 51.1 Å². The SMILES string of the molecule is CC(C)OCCCC(=O)N1CCC[C@H]1c1ccncc1. The smallest absolute Gasteiger partial charge is 0.223 e. The minimum absolute atomic E-state index is 0.233. The van der Waals surface area contributed by atoms with Crippen molar-refractivity contribution in [3.63, 3.8) is 0 Å². The summed E-state index contributed by atoms with van der Waals surface area (Å²) in [7, 11) is 0. The number of nitrogens with zero attached hydrogens (tertiary/aromatic N) is 2. The summed E-state index contributed by atoms with van der Waals surface area (Å²) in [5.74, 6) is 0.247. The van der Waals surface area contributed by atoms with E-state index in [0.29, 0.717) is 13.0 Å². The number of hydrogen-bond donors (Lipinski definition) is 0. The van der Waals surface area contributed by atoms with Crippen molar-refractivity contribution in [1.82, 2.24) is 9.88 Å². The first-order valence-electron chi connectivity index (χ1n) is 7.49. The summed E-state index contributed by atoms with van der Waals surface area (Å²) in [4.78, 5) is 18.4. The summed E-state index contributed by atoms with van der Waals surface area (Å²) in [5, 5.41) is 0. The lowest BCUT2D eigenvalue weighted by Crippen LogP contribution is -2.30. The van der Waals surface area contributed by atoms with Gasteiger partial charge in [0.1, 0.15) is 0 Å². The topological polar surface area (TPSA) is 42.4 Å². The van der Waals surface area contributed by atoms with Crippen LogP contribution >= 0.6 is 0 Å². The molecule has 1 aromatic heterocycles. The maximum atomic E-state index is 12.3. The fourth-order valence-corrected chi connectivity index (χ4v) is 2.68. The maximum Gasteiger partial charge on any atom is 0.223 e. The molecule has 2 rings (SSSR count). The number of aromatic nitrogens is 1. The summed E-state index contributed by atoms with van der Waals surface area (Å²) < 4.78 is 5.49. The molecule has 0 radical (unpaired) electrons. The highest BCUT2D eigenvalue weighted by atomic mass is 16.5. The molecule has 110 valence electrons. The van der Waals surface area contributed by atoms with Crippen molar-refractivity contribution in [2.45, 2.75) is 51.7 Å². The fourth-order valence-electron chi connectivity index (χ4n) is 2.68. The first kappa shape index (κ1) is 15.0. The molecule has 0 bridgehead atoms. The number of amides is 1. The van der Waals surface area contributed by atoms with Gasteiger partial charge in [-0.05, 0) is 50.8 Å². The van der Waals surface area contributed by atoms with Gasteiger partial charge in [-0.3, -0.25) is 9.78 Å². The van der Waals surface area contributed by atoms with Gasteiger partial charge in [0.25, 0.3) is 0 Å². The quantitative estimate of drug-likeness (QED) is 0.750. The lowest BCUT2D eigenvalue weighted by Gasteiger charge is -2.25. The Hall–Kier alpha value is -1.42. The molecule has 0 aliphatic carbocycles. The van der Waals surface area contributed by atoms with Gasteiger partial charge in [0, 0.05) is 32.0 Å². The first-order valence-corrected chi connectivity index (χ1v) is 7.49. The van der Waals surface area contributed by atoms with Crippen molar-refractivity contribution >= 4 is 5.91 Å². The Morgan fingerprint density at radius 2 is 2.20 bits per heavy atom. The number of carbonyl (C=O) groups is 1. The molecular formula is C16H24N2O2. The van der Waals surface area contributed by atoms with Gasteiger partial charge in [-0.2, -0.15) is 0 Å². The predicted molar refractivity (Wildman–Crippen MR) is 78.2 cm³/mol. The number of rotatable bonds is 6. The molecule has 4 nitrogen and oxygen atoms in total. The zero-order valence-corrected chi connectivity index (χ0v) is 12.4. The number of ether oxygens (including phenoxy) is 1. The van der Waals surface area contributed by atoms with Crippen LogP contribution in [0.15, 0.2) is 24.5 Å². The van der Waals surface area contributed by atoms with Crippen LogP contribution < -0.4 is 0 Å². The molecule has 1 saturated heterocycles.